The van der Waals surface area contributed by atoms with E-state index in [1.807, 2.05) is 0 Å². The Morgan fingerprint density at radius 1 is 1.16 bits per heavy atom. The smallest absolute Gasteiger partial charge is 0.0233 e. The van der Waals surface area contributed by atoms with E-state index in [0.29, 0.717) is 0 Å². The molecule has 1 aromatic carbocycles. The van der Waals surface area contributed by atoms with E-state index in [4.69, 9.17) is 0 Å². The molecule has 0 spiro atoms. The number of benzene rings is 1. The summed E-state index contributed by atoms with van der Waals surface area (Å²) in [7, 11) is 2.30. The highest BCUT2D eigenvalue weighted by Gasteiger charge is 2.25. The molecule has 2 unspecified atom stereocenters. The molecule has 0 bridgehead atoms. The lowest BCUT2D eigenvalue weighted by molar-refractivity contribution is 0.133. The molecule has 1 aliphatic carbocycles. The summed E-state index contributed by atoms with van der Waals surface area (Å²) in [6.45, 7) is 5.62. The first-order valence-corrected chi connectivity index (χ1v) is 7.75. The fourth-order valence-electron chi connectivity index (χ4n) is 3.80. The summed E-state index contributed by atoms with van der Waals surface area (Å²) in [5, 5.41) is 3.43. The lowest BCUT2D eigenvalue weighted by Crippen LogP contribution is -2.38. The normalized spacial score (nSPS) is 26.7. The van der Waals surface area contributed by atoms with E-state index in [2.05, 4.69) is 42.4 Å². The molecule has 2 nitrogen and oxygen atoms in total. The van der Waals surface area contributed by atoms with Gasteiger partial charge in [-0.25, -0.2) is 0 Å². The summed E-state index contributed by atoms with van der Waals surface area (Å²) < 4.78 is 0. The minimum Gasteiger partial charge on any atom is -0.309 e. The fraction of sp³-hybridized carbons (Fsp3) is 0.647. The van der Waals surface area contributed by atoms with Gasteiger partial charge in [-0.3, -0.25) is 4.90 Å². The maximum absolute atomic E-state index is 3.43. The molecule has 1 saturated carbocycles. The van der Waals surface area contributed by atoms with Crippen LogP contribution < -0.4 is 5.32 Å². The Balaban J connectivity index is 1.67. The zero-order valence-corrected chi connectivity index (χ0v) is 12.3. The van der Waals surface area contributed by atoms with Crippen molar-refractivity contribution in [1.82, 2.24) is 10.2 Å². The lowest BCUT2D eigenvalue weighted by atomic mass is 9.85. The van der Waals surface area contributed by atoms with Gasteiger partial charge in [0.25, 0.3) is 0 Å². The Morgan fingerprint density at radius 2 is 1.95 bits per heavy atom. The molecule has 0 aromatic heterocycles. The minimum atomic E-state index is 0.778. The molecular formula is C17H26N2. The summed E-state index contributed by atoms with van der Waals surface area (Å²) in [4.78, 5) is 2.58. The van der Waals surface area contributed by atoms with Crippen molar-refractivity contribution in [2.45, 2.75) is 58.3 Å². The number of nitrogens with one attached hydrogen (secondary N) is 1. The Morgan fingerprint density at radius 3 is 2.79 bits per heavy atom. The minimum absolute atomic E-state index is 0.778. The van der Waals surface area contributed by atoms with Gasteiger partial charge in [0.05, 0.1) is 0 Å². The second-order valence-electron chi connectivity index (χ2n) is 6.45. The van der Waals surface area contributed by atoms with Gasteiger partial charge in [-0.2, -0.15) is 0 Å². The van der Waals surface area contributed by atoms with Crippen LogP contribution in [0, 0.1) is 5.92 Å². The molecule has 1 aromatic rings. The Bertz CT molecular complexity index is 441. The number of hydrogen-bond donors (Lipinski definition) is 1. The summed E-state index contributed by atoms with van der Waals surface area (Å²) in [5.74, 6) is 0.856. The zero-order valence-electron chi connectivity index (χ0n) is 12.3. The standard InChI is InChI=1S/C17H26N2/c1-13-5-3-4-6-17(13)19(2)12-14-7-8-15-10-18-11-16(15)9-14/h7-9,13,17-18H,3-6,10-12H2,1-2H3. The molecular weight excluding hydrogens is 232 g/mol. The first-order chi connectivity index (χ1) is 9.24. The average molecular weight is 258 g/mol. The van der Waals surface area contributed by atoms with Crippen molar-refractivity contribution < 1.29 is 0 Å². The van der Waals surface area contributed by atoms with Crippen molar-refractivity contribution in [2.75, 3.05) is 7.05 Å². The zero-order chi connectivity index (χ0) is 13.2. The van der Waals surface area contributed by atoms with E-state index >= 15 is 0 Å². The highest BCUT2D eigenvalue weighted by atomic mass is 15.1. The molecule has 1 heterocycles. The van der Waals surface area contributed by atoms with E-state index in [1.54, 1.807) is 0 Å². The average Bonchev–Trinajstić information content (AvgIpc) is 2.86. The van der Waals surface area contributed by atoms with E-state index in [9.17, 15) is 0 Å². The molecule has 104 valence electrons. The molecule has 0 radical (unpaired) electrons. The van der Waals surface area contributed by atoms with Crippen LogP contribution in [0.1, 0.15) is 49.3 Å². The quantitative estimate of drug-likeness (QED) is 0.895. The van der Waals surface area contributed by atoms with Gasteiger partial charge in [0.2, 0.25) is 0 Å². The van der Waals surface area contributed by atoms with Crippen LogP contribution >= 0.6 is 0 Å². The Kier molecular flexibility index (Phi) is 3.90. The highest BCUT2D eigenvalue weighted by Crippen LogP contribution is 2.28. The van der Waals surface area contributed by atoms with E-state index in [1.165, 1.54) is 42.4 Å². The predicted octanol–water partition coefficient (Wildman–Crippen LogP) is 3.30. The number of nitrogens with zero attached hydrogens (tertiary/aromatic N) is 1. The number of hydrogen-bond acceptors (Lipinski definition) is 2. The molecule has 1 N–H and O–H groups in total. The molecule has 2 heteroatoms. The summed E-state index contributed by atoms with van der Waals surface area (Å²) in [6, 6.07) is 7.80. The molecule has 2 aliphatic rings. The predicted molar refractivity (Wildman–Crippen MR) is 79.9 cm³/mol. The van der Waals surface area contributed by atoms with Crippen molar-refractivity contribution in [3.63, 3.8) is 0 Å². The van der Waals surface area contributed by atoms with E-state index in [-0.39, 0.29) is 0 Å². The first kappa shape index (κ1) is 13.1. The van der Waals surface area contributed by atoms with Crippen LogP contribution in [0.25, 0.3) is 0 Å². The van der Waals surface area contributed by atoms with E-state index < -0.39 is 0 Å². The van der Waals surface area contributed by atoms with Gasteiger partial charge in [-0.15, -0.1) is 0 Å². The maximum atomic E-state index is 3.43. The van der Waals surface area contributed by atoms with Crippen LogP contribution in [-0.2, 0) is 19.6 Å². The monoisotopic (exact) mass is 258 g/mol. The third kappa shape index (κ3) is 2.85. The maximum Gasteiger partial charge on any atom is 0.0233 e. The molecule has 2 atom stereocenters. The third-order valence-electron chi connectivity index (χ3n) is 4.97. The molecule has 1 aliphatic heterocycles. The van der Waals surface area contributed by atoms with Crippen molar-refractivity contribution in [3.8, 4) is 0 Å². The van der Waals surface area contributed by atoms with Crippen LogP contribution in [0.2, 0.25) is 0 Å². The molecule has 0 amide bonds. The van der Waals surface area contributed by atoms with Crippen LogP contribution in [0.15, 0.2) is 18.2 Å². The van der Waals surface area contributed by atoms with Crippen molar-refractivity contribution >= 4 is 0 Å². The van der Waals surface area contributed by atoms with Crippen molar-refractivity contribution in [3.05, 3.63) is 34.9 Å². The Labute approximate surface area is 117 Å². The van der Waals surface area contributed by atoms with Gasteiger partial charge >= 0.3 is 0 Å². The largest absolute Gasteiger partial charge is 0.309 e. The molecule has 3 rings (SSSR count). The first-order valence-electron chi connectivity index (χ1n) is 7.75. The van der Waals surface area contributed by atoms with Crippen LogP contribution in [0.3, 0.4) is 0 Å². The van der Waals surface area contributed by atoms with Crippen LogP contribution in [-0.4, -0.2) is 18.0 Å². The topological polar surface area (TPSA) is 15.3 Å². The summed E-state index contributed by atoms with van der Waals surface area (Å²) in [5.41, 5.74) is 4.46. The van der Waals surface area contributed by atoms with Gasteiger partial charge in [-0.05, 0) is 42.5 Å². The lowest BCUT2D eigenvalue weighted by Gasteiger charge is -2.36. The highest BCUT2D eigenvalue weighted by molar-refractivity contribution is 5.34. The van der Waals surface area contributed by atoms with Crippen LogP contribution in [0.4, 0.5) is 0 Å². The van der Waals surface area contributed by atoms with Gasteiger partial charge in [0.1, 0.15) is 0 Å². The SMILES string of the molecule is CC1CCCCC1N(C)Cc1ccc2c(c1)CNC2. The van der Waals surface area contributed by atoms with Crippen molar-refractivity contribution in [1.29, 1.82) is 0 Å². The second-order valence-corrected chi connectivity index (χ2v) is 6.45. The Hall–Kier alpha value is -0.860. The summed E-state index contributed by atoms with van der Waals surface area (Å²) in [6.07, 6.45) is 5.62. The second kappa shape index (κ2) is 5.64. The van der Waals surface area contributed by atoms with Gasteiger partial charge in [0, 0.05) is 25.7 Å². The van der Waals surface area contributed by atoms with Gasteiger partial charge in [0.15, 0.2) is 0 Å². The van der Waals surface area contributed by atoms with Crippen LogP contribution in [0.5, 0.6) is 0 Å². The van der Waals surface area contributed by atoms with Gasteiger partial charge in [-0.1, -0.05) is 38.0 Å². The van der Waals surface area contributed by atoms with E-state index in [0.717, 1.165) is 31.6 Å². The molecule has 19 heavy (non-hydrogen) atoms. The third-order valence-corrected chi connectivity index (χ3v) is 4.97. The number of fused-ring (bicyclic) bond motifs is 1. The molecule has 1 fully saturated rings. The summed E-state index contributed by atoms with van der Waals surface area (Å²) >= 11 is 0. The molecule has 0 saturated heterocycles. The van der Waals surface area contributed by atoms with Gasteiger partial charge < -0.3 is 5.32 Å². The van der Waals surface area contributed by atoms with Crippen molar-refractivity contribution in [2.24, 2.45) is 5.92 Å². The number of rotatable bonds is 3. The fourth-order valence-corrected chi connectivity index (χ4v) is 3.80.